The summed E-state index contributed by atoms with van der Waals surface area (Å²) in [6.45, 7) is 5.44. The van der Waals surface area contributed by atoms with Crippen LogP contribution in [0.4, 0.5) is 5.82 Å². The first kappa shape index (κ1) is 12.2. The van der Waals surface area contributed by atoms with Crippen LogP contribution in [0.25, 0.3) is 0 Å². The van der Waals surface area contributed by atoms with Crippen LogP contribution in [0.3, 0.4) is 0 Å². The Bertz CT molecular complexity index is 284. The van der Waals surface area contributed by atoms with Crippen LogP contribution in [0, 0.1) is 5.92 Å². The summed E-state index contributed by atoms with van der Waals surface area (Å²) >= 11 is 5.65. The zero-order valence-corrected chi connectivity index (χ0v) is 10.3. The molecular formula is C11H18ClN3. The fraction of sp³-hybridized carbons (Fsp3) is 0.636. The summed E-state index contributed by atoms with van der Waals surface area (Å²) in [5.74, 6) is 2.04. The second-order valence-electron chi connectivity index (χ2n) is 4.12. The lowest BCUT2D eigenvalue weighted by Crippen LogP contribution is -2.21. The Balaban J connectivity index is 2.54. The molecule has 0 aliphatic carbocycles. The predicted molar refractivity (Wildman–Crippen MR) is 64.3 cm³/mol. The minimum absolute atomic E-state index is 0.420. The predicted octanol–water partition coefficient (Wildman–Crippen LogP) is 2.70. The van der Waals surface area contributed by atoms with Gasteiger partial charge in [0.25, 0.3) is 0 Å². The van der Waals surface area contributed by atoms with Gasteiger partial charge < -0.3 is 4.90 Å². The van der Waals surface area contributed by atoms with E-state index in [1.54, 1.807) is 0 Å². The maximum absolute atomic E-state index is 5.65. The molecule has 0 saturated carbocycles. The lowest BCUT2D eigenvalue weighted by Gasteiger charge is -2.18. The van der Waals surface area contributed by atoms with E-state index in [1.807, 2.05) is 19.2 Å². The van der Waals surface area contributed by atoms with Gasteiger partial charge in [-0.25, -0.2) is 0 Å². The average Bonchev–Trinajstić information content (AvgIpc) is 2.26. The first-order valence-electron chi connectivity index (χ1n) is 5.23. The van der Waals surface area contributed by atoms with Crippen LogP contribution in [0.15, 0.2) is 12.1 Å². The largest absolute Gasteiger partial charge is 0.358 e. The summed E-state index contributed by atoms with van der Waals surface area (Å²) in [6, 6.07) is 3.88. The van der Waals surface area contributed by atoms with Crippen molar-refractivity contribution in [2.75, 3.05) is 18.5 Å². The molecule has 1 heterocycles. The molecule has 0 spiro atoms. The topological polar surface area (TPSA) is 29.0 Å². The highest BCUT2D eigenvalue weighted by atomic mass is 35.5. The molecule has 1 aromatic heterocycles. The van der Waals surface area contributed by atoms with Gasteiger partial charge in [-0.3, -0.25) is 0 Å². The number of anilines is 1. The Labute approximate surface area is 96.5 Å². The molecule has 0 N–H and O–H groups in total. The van der Waals surface area contributed by atoms with Crippen molar-refractivity contribution >= 4 is 17.4 Å². The van der Waals surface area contributed by atoms with E-state index < -0.39 is 0 Å². The monoisotopic (exact) mass is 227 g/mol. The first-order valence-corrected chi connectivity index (χ1v) is 5.76. The highest BCUT2D eigenvalue weighted by molar-refractivity contribution is 6.16. The minimum atomic E-state index is 0.420. The van der Waals surface area contributed by atoms with Gasteiger partial charge in [-0.2, -0.15) is 5.10 Å². The zero-order chi connectivity index (χ0) is 11.3. The molecule has 84 valence electrons. The number of nitrogens with zero attached hydrogens (tertiary/aromatic N) is 3. The van der Waals surface area contributed by atoms with Crippen molar-refractivity contribution in [2.45, 2.75) is 26.1 Å². The van der Waals surface area contributed by atoms with Gasteiger partial charge in [-0.15, -0.1) is 16.7 Å². The number of rotatable bonds is 5. The quantitative estimate of drug-likeness (QED) is 0.725. The van der Waals surface area contributed by atoms with Gasteiger partial charge in [0.05, 0.1) is 11.6 Å². The van der Waals surface area contributed by atoms with E-state index in [0.717, 1.165) is 24.5 Å². The third-order valence-corrected chi connectivity index (χ3v) is 2.55. The fourth-order valence-corrected chi connectivity index (χ4v) is 1.34. The van der Waals surface area contributed by atoms with Crippen LogP contribution < -0.4 is 4.90 Å². The molecule has 4 heteroatoms. The van der Waals surface area contributed by atoms with Crippen LogP contribution in [-0.4, -0.2) is 23.8 Å². The molecular weight excluding hydrogens is 210 g/mol. The Morgan fingerprint density at radius 1 is 1.33 bits per heavy atom. The second-order valence-corrected chi connectivity index (χ2v) is 4.39. The summed E-state index contributed by atoms with van der Waals surface area (Å²) < 4.78 is 0. The Kier molecular flexibility index (Phi) is 4.82. The van der Waals surface area contributed by atoms with Crippen molar-refractivity contribution in [3.8, 4) is 0 Å². The van der Waals surface area contributed by atoms with E-state index in [-0.39, 0.29) is 0 Å². The van der Waals surface area contributed by atoms with E-state index >= 15 is 0 Å². The van der Waals surface area contributed by atoms with Crippen molar-refractivity contribution in [1.29, 1.82) is 0 Å². The maximum atomic E-state index is 5.65. The minimum Gasteiger partial charge on any atom is -0.358 e. The van der Waals surface area contributed by atoms with E-state index in [4.69, 9.17) is 11.6 Å². The molecule has 0 saturated heterocycles. The number of aromatic nitrogens is 2. The van der Waals surface area contributed by atoms with Crippen LogP contribution in [0.5, 0.6) is 0 Å². The molecule has 0 aliphatic heterocycles. The Morgan fingerprint density at radius 2 is 2.07 bits per heavy atom. The van der Waals surface area contributed by atoms with E-state index in [0.29, 0.717) is 11.8 Å². The molecule has 0 fully saturated rings. The molecule has 0 amide bonds. The first-order chi connectivity index (χ1) is 7.13. The van der Waals surface area contributed by atoms with Crippen LogP contribution in [0.2, 0.25) is 0 Å². The molecule has 0 unspecified atom stereocenters. The molecule has 0 aromatic carbocycles. The summed E-state index contributed by atoms with van der Waals surface area (Å²) in [7, 11) is 2.03. The van der Waals surface area contributed by atoms with Gasteiger partial charge in [0.2, 0.25) is 0 Å². The summed E-state index contributed by atoms with van der Waals surface area (Å²) in [6.07, 6.45) is 1.16. The maximum Gasteiger partial charge on any atom is 0.150 e. The third kappa shape index (κ3) is 4.04. The van der Waals surface area contributed by atoms with Gasteiger partial charge in [0.1, 0.15) is 0 Å². The number of halogens is 1. The van der Waals surface area contributed by atoms with Crippen molar-refractivity contribution in [2.24, 2.45) is 5.92 Å². The average molecular weight is 228 g/mol. The Hall–Kier alpha value is -0.830. The number of hydrogen-bond acceptors (Lipinski definition) is 3. The zero-order valence-electron chi connectivity index (χ0n) is 9.57. The highest BCUT2D eigenvalue weighted by Crippen LogP contribution is 2.10. The van der Waals surface area contributed by atoms with E-state index in [9.17, 15) is 0 Å². The number of hydrogen-bond donors (Lipinski definition) is 0. The van der Waals surface area contributed by atoms with Crippen molar-refractivity contribution < 1.29 is 0 Å². The highest BCUT2D eigenvalue weighted by Gasteiger charge is 2.04. The van der Waals surface area contributed by atoms with Crippen molar-refractivity contribution in [3.63, 3.8) is 0 Å². The standard InChI is InChI=1S/C11H18ClN3/c1-9(2)6-7-15(3)11-5-4-10(8-12)13-14-11/h4-5,9H,6-8H2,1-3H3. The van der Waals surface area contributed by atoms with E-state index in [2.05, 4.69) is 28.9 Å². The molecule has 0 bridgehead atoms. The third-order valence-electron chi connectivity index (χ3n) is 2.28. The lowest BCUT2D eigenvalue weighted by atomic mass is 10.1. The van der Waals surface area contributed by atoms with Gasteiger partial charge in [-0.1, -0.05) is 13.8 Å². The molecule has 0 atom stereocenters. The lowest BCUT2D eigenvalue weighted by molar-refractivity contribution is 0.582. The molecule has 0 radical (unpaired) electrons. The van der Waals surface area contributed by atoms with Crippen LogP contribution >= 0.6 is 11.6 Å². The summed E-state index contributed by atoms with van der Waals surface area (Å²) in [5.41, 5.74) is 0.817. The normalized spacial score (nSPS) is 10.7. The van der Waals surface area contributed by atoms with Crippen molar-refractivity contribution in [1.82, 2.24) is 10.2 Å². The SMILES string of the molecule is CC(C)CCN(C)c1ccc(CCl)nn1. The molecule has 15 heavy (non-hydrogen) atoms. The summed E-state index contributed by atoms with van der Waals surface area (Å²) in [5, 5.41) is 8.14. The van der Waals surface area contributed by atoms with Gasteiger partial charge >= 0.3 is 0 Å². The fourth-order valence-electron chi connectivity index (χ4n) is 1.19. The molecule has 1 aromatic rings. The van der Waals surface area contributed by atoms with Gasteiger partial charge in [0, 0.05) is 13.6 Å². The molecule has 0 aliphatic rings. The van der Waals surface area contributed by atoms with Gasteiger partial charge in [0.15, 0.2) is 5.82 Å². The summed E-state index contributed by atoms with van der Waals surface area (Å²) in [4.78, 5) is 2.12. The Morgan fingerprint density at radius 3 is 2.53 bits per heavy atom. The van der Waals surface area contributed by atoms with Crippen LogP contribution in [0.1, 0.15) is 26.0 Å². The molecule has 3 nitrogen and oxygen atoms in total. The number of alkyl halides is 1. The van der Waals surface area contributed by atoms with Crippen molar-refractivity contribution in [3.05, 3.63) is 17.8 Å². The molecule has 1 rings (SSSR count). The van der Waals surface area contributed by atoms with Crippen LogP contribution in [-0.2, 0) is 5.88 Å². The van der Waals surface area contributed by atoms with E-state index in [1.165, 1.54) is 0 Å². The van der Waals surface area contributed by atoms with Gasteiger partial charge in [-0.05, 0) is 24.5 Å². The second kappa shape index (κ2) is 5.91. The smallest absolute Gasteiger partial charge is 0.150 e.